The molecule has 152 valence electrons. The molecule has 0 aromatic heterocycles. The summed E-state index contributed by atoms with van der Waals surface area (Å²) in [5.74, 6) is 10.0. The van der Waals surface area contributed by atoms with E-state index in [0.717, 1.165) is 59.2 Å². The molecule has 9 unspecified atom stereocenters. The van der Waals surface area contributed by atoms with E-state index in [4.69, 9.17) is 0 Å². The quantitative estimate of drug-likeness (QED) is 0.429. The molecular formula is C26H48. The fourth-order valence-corrected chi connectivity index (χ4v) is 7.51. The second-order valence-corrected chi connectivity index (χ2v) is 11.4. The van der Waals surface area contributed by atoms with E-state index in [-0.39, 0.29) is 0 Å². The van der Waals surface area contributed by atoms with Gasteiger partial charge in [0.25, 0.3) is 0 Å². The lowest BCUT2D eigenvalue weighted by Gasteiger charge is -2.44. The van der Waals surface area contributed by atoms with Crippen molar-refractivity contribution < 1.29 is 0 Å². The summed E-state index contributed by atoms with van der Waals surface area (Å²) in [6.07, 6.45) is 15.2. The SMILES string of the molecule is CCC(C)C1CCC(CC(C)C(C)C2CC3CCCC3C(C(C)C)C2)C1. The molecule has 0 bridgehead atoms. The highest BCUT2D eigenvalue weighted by molar-refractivity contribution is 4.93. The van der Waals surface area contributed by atoms with Gasteiger partial charge in [0.05, 0.1) is 0 Å². The molecule has 0 spiro atoms. The summed E-state index contributed by atoms with van der Waals surface area (Å²) >= 11 is 0. The lowest BCUT2D eigenvalue weighted by molar-refractivity contribution is 0.0520. The minimum atomic E-state index is 0.900. The Kier molecular flexibility index (Phi) is 7.17. The predicted octanol–water partition coefficient (Wildman–Crippen LogP) is 8.21. The molecule has 3 saturated carbocycles. The number of hydrogen-bond acceptors (Lipinski definition) is 0. The van der Waals surface area contributed by atoms with Crippen LogP contribution in [0.5, 0.6) is 0 Å². The largest absolute Gasteiger partial charge is 0.0651 e. The smallest absolute Gasteiger partial charge is 0.0355 e. The summed E-state index contributed by atoms with van der Waals surface area (Å²) in [5.41, 5.74) is 0. The number of hydrogen-bond donors (Lipinski definition) is 0. The molecule has 0 N–H and O–H groups in total. The zero-order chi connectivity index (χ0) is 18.8. The van der Waals surface area contributed by atoms with Gasteiger partial charge in [0.2, 0.25) is 0 Å². The highest BCUT2D eigenvalue weighted by Gasteiger charge is 2.43. The monoisotopic (exact) mass is 360 g/mol. The van der Waals surface area contributed by atoms with Gasteiger partial charge in [-0.1, -0.05) is 67.2 Å². The average molecular weight is 361 g/mol. The van der Waals surface area contributed by atoms with Crippen LogP contribution in [-0.4, -0.2) is 0 Å². The molecule has 0 nitrogen and oxygen atoms in total. The van der Waals surface area contributed by atoms with Gasteiger partial charge in [-0.25, -0.2) is 0 Å². The van der Waals surface area contributed by atoms with Crippen LogP contribution in [0.1, 0.15) is 106 Å². The molecule has 3 fully saturated rings. The topological polar surface area (TPSA) is 0 Å². The number of rotatable bonds is 7. The molecule has 0 amide bonds. The molecule has 0 aliphatic heterocycles. The van der Waals surface area contributed by atoms with E-state index in [1.165, 1.54) is 38.5 Å². The van der Waals surface area contributed by atoms with Crippen LogP contribution in [0.2, 0.25) is 0 Å². The van der Waals surface area contributed by atoms with Crippen LogP contribution in [0.4, 0.5) is 0 Å². The molecule has 0 saturated heterocycles. The van der Waals surface area contributed by atoms with Crippen LogP contribution in [0.25, 0.3) is 0 Å². The Hall–Kier alpha value is 0. The van der Waals surface area contributed by atoms with Gasteiger partial charge in [0, 0.05) is 0 Å². The van der Waals surface area contributed by atoms with Crippen molar-refractivity contribution in [1.29, 1.82) is 0 Å². The molecule has 0 heterocycles. The van der Waals surface area contributed by atoms with E-state index >= 15 is 0 Å². The summed E-state index contributed by atoms with van der Waals surface area (Å²) in [6.45, 7) is 15.1. The van der Waals surface area contributed by atoms with Crippen molar-refractivity contribution in [3.8, 4) is 0 Å². The normalized spacial score (nSPS) is 41.2. The van der Waals surface area contributed by atoms with Gasteiger partial charge in [0.15, 0.2) is 0 Å². The molecular weight excluding hydrogens is 312 g/mol. The summed E-state index contributed by atoms with van der Waals surface area (Å²) in [6, 6.07) is 0. The summed E-state index contributed by atoms with van der Waals surface area (Å²) in [7, 11) is 0. The second kappa shape index (κ2) is 9.00. The molecule has 3 aliphatic carbocycles. The fraction of sp³-hybridized carbons (Fsp3) is 1.00. The third-order valence-corrected chi connectivity index (χ3v) is 9.68. The van der Waals surface area contributed by atoms with E-state index in [1.54, 1.807) is 25.7 Å². The van der Waals surface area contributed by atoms with Crippen LogP contribution in [-0.2, 0) is 0 Å². The van der Waals surface area contributed by atoms with Gasteiger partial charge in [-0.2, -0.15) is 0 Å². The first kappa shape index (κ1) is 20.7. The molecule has 26 heavy (non-hydrogen) atoms. The van der Waals surface area contributed by atoms with Crippen molar-refractivity contribution in [2.75, 3.05) is 0 Å². The Morgan fingerprint density at radius 3 is 2.27 bits per heavy atom. The maximum atomic E-state index is 2.63. The standard InChI is InChI=1S/C26H48/c1-7-18(4)22-12-11-21(14-22)13-19(5)20(6)24-15-23-9-8-10-25(23)26(16-24)17(2)3/h17-26H,7-16H2,1-6H3. The molecule has 9 atom stereocenters. The van der Waals surface area contributed by atoms with E-state index in [2.05, 4.69) is 41.5 Å². The first-order valence-electron chi connectivity index (χ1n) is 12.4. The van der Waals surface area contributed by atoms with Crippen molar-refractivity contribution >= 4 is 0 Å². The van der Waals surface area contributed by atoms with E-state index < -0.39 is 0 Å². The van der Waals surface area contributed by atoms with Crippen LogP contribution in [0, 0.1) is 59.2 Å². The summed E-state index contributed by atoms with van der Waals surface area (Å²) in [4.78, 5) is 0. The minimum Gasteiger partial charge on any atom is -0.0651 e. The van der Waals surface area contributed by atoms with Gasteiger partial charge in [-0.15, -0.1) is 0 Å². The maximum absolute atomic E-state index is 2.63. The molecule has 0 aromatic rings. The zero-order valence-electron chi connectivity index (χ0n) is 18.8. The maximum Gasteiger partial charge on any atom is -0.0355 e. The Morgan fingerprint density at radius 1 is 0.808 bits per heavy atom. The van der Waals surface area contributed by atoms with Gasteiger partial charge in [-0.05, 0) is 97.7 Å². The van der Waals surface area contributed by atoms with Crippen LogP contribution >= 0.6 is 0 Å². The van der Waals surface area contributed by atoms with E-state index in [1.807, 2.05) is 0 Å². The van der Waals surface area contributed by atoms with Gasteiger partial charge in [0.1, 0.15) is 0 Å². The Balaban J connectivity index is 1.54. The Morgan fingerprint density at radius 2 is 1.58 bits per heavy atom. The Bertz CT molecular complexity index is 424. The summed E-state index contributed by atoms with van der Waals surface area (Å²) in [5, 5.41) is 0. The van der Waals surface area contributed by atoms with Crippen LogP contribution in [0.15, 0.2) is 0 Å². The average Bonchev–Trinajstić information content (AvgIpc) is 3.28. The molecule has 0 radical (unpaired) electrons. The molecule has 0 aromatic carbocycles. The van der Waals surface area contributed by atoms with Crippen molar-refractivity contribution in [1.82, 2.24) is 0 Å². The second-order valence-electron chi connectivity index (χ2n) is 11.4. The fourth-order valence-electron chi connectivity index (χ4n) is 7.51. The van der Waals surface area contributed by atoms with Crippen LogP contribution in [0.3, 0.4) is 0 Å². The predicted molar refractivity (Wildman–Crippen MR) is 115 cm³/mol. The van der Waals surface area contributed by atoms with Gasteiger partial charge in [-0.3, -0.25) is 0 Å². The summed E-state index contributed by atoms with van der Waals surface area (Å²) < 4.78 is 0. The minimum absolute atomic E-state index is 0.900. The first-order valence-corrected chi connectivity index (χ1v) is 12.4. The molecule has 0 heteroatoms. The van der Waals surface area contributed by atoms with Crippen molar-refractivity contribution in [3.63, 3.8) is 0 Å². The van der Waals surface area contributed by atoms with Crippen molar-refractivity contribution in [2.24, 2.45) is 59.2 Å². The zero-order valence-corrected chi connectivity index (χ0v) is 18.8. The van der Waals surface area contributed by atoms with Crippen molar-refractivity contribution in [2.45, 2.75) is 106 Å². The van der Waals surface area contributed by atoms with Crippen molar-refractivity contribution in [3.05, 3.63) is 0 Å². The third-order valence-electron chi connectivity index (χ3n) is 9.68. The highest BCUT2D eigenvalue weighted by Crippen LogP contribution is 2.52. The highest BCUT2D eigenvalue weighted by atomic mass is 14.5. The first-order chi connectivity index (χ1) is 12.4. The molecule has 3 rings (SSSR count). The lowest BCUT2D eigenvalue weighted by Crippen LogP contribution is -2.36. The van der Waals surface area contributed by atoms with Gasteiger partial charge < -0.3 is 0 Å². The van der Waals surface area contributed by atoms with Gasteiger partial charge >= 0.3 is 0 Å². The van der Waals surface area contributed by atoms with E-state index in [9.17, 15) is 0 Å². The van der Waals surface area contributed by atoms with E-state index in [0.29, 0.717) is 0 Å². The Labute approximate surface area is 165 Å². The number of fused-ring (bicyclic) bond motifs is 1. The van der Waals surface area contributed by atoms with Crippen LogP contribution < -0.4 is 0 Å². The lowest BCUT2D eigenvalue weighted by atomic mass is 9.61. The third kappa shape index (κ3) is 4.52. The molecule has 3 aliphatic rings.